The summed E-state index contributed by atoms with van der Waals surface area (Å²) in [6.07, 6.45) is 0. The second kappa shape index (κ2) is 9.03. The molecule has 3 aromatic carbocycles. The number of ether oxygens (including phenoxy) is 1. The summed E-state index contributed by atoms with van der Waals surface area (Å²) >= 11 is 1.25. The van der Waals surface area contributed by atoms with Crippen molar-refractivity contribution < 1.29 is 9.53 Å². The Bertz CT molecular complexity index is 1590. The number of benzene rings is 3. The van der Waals surface area contributed by atoms with Gasteiger partial charge in [0.15, 0.2) is 5.16 Å². The lowest BCUT2D eigenvalue weighted by Crippen LogP contribution is -2.22. The fourth-order valence-electron chi connectivity index (χ4n) is 3.87. The van der Waals surface area contributed by atoms with Crippen molar-refractivity contribution in [2.75, 3.05) is 18.2 Å². The van der Waals surface area contributed by atoms with Crippen LogP contribution in [-0.4, -0.2) is 37.9 Å². The van der Waals surface area contributed by atoms with E-state index in [1.807, 2.05) is 65.9 Å². The molecule has 0 fully saturated rings. The zero-order chi connectivity index (χ0) is 23.7. The predicted octanol–water partition coefficient (Wildman–Crippen LogP) is 4.08. The van der Waals surface area contributed by atoms with Gasteiger partial charge in [0.25, 0.3) is 5.56 Å². The number of nitrogens with one attached hydrogen (secondary N) is 1. The molecule has 2 heterocycles. The van der Waals surface area contributed by atoms with Crippen molar-refractivity contribution >= 4 is 40.0 Å². The number of para-hydroxylation sites is 4. The van der Waals surface area contributed by atoms with E-state index >= 15 is 0 Å². The van der Waals surface area contributed by atoms with E-state index in [9.17, 15) is 9.59 Å². The minimum absolute atomic E-state index is 0.108. The van der Waals surface area contributed by atoms with Crippen LogP contribution in [0.3, 0.4) is 0 Å². The van der Waals surface area contributed by atoms with Gasteiger partial charge in [-0.1, -0.05) is 54.2 Å². The molecule has 0 spiro atoms. The number of methoxy groups -OCH3 is 1. The minimum Gasteiger partial charge on any atom is -0.495 e. The Morgan fingerprint density at radius 2 is 1.74 bits per heavy atom. The van der Waals surface area contributed by atoms with Crippen molar-refractivity contribution in [2.24, 2.45) is 0 Å². The SMILES string of the molecule is COc1ccccc1NC(=O)CSc1nnc2n(-c3ccccc3C)c(=O)c3ccccc3n12. The maximum absolute atomic E-state index is 13.4. The molecule has 0 bridgehead atoms. The number of carbonyl (C=O) groups excluding carboxylic acids is 1. The van der Waals surface area contributed by atoms with Crippen LogP contribution in [0.5, 0.6) is 5.75 Å². The second-order valence-corrected chi connectivity index (χ2v) is 8.54. The van der Waals surface area contributed by atoms with E-state index in [1.165, 1.54) is 11.8 Å². The fourth-order valence-corrected chi connectivity index (χ4v) is 4.61. The lowest BCUT2D eigenvalue weighted by molar-refractivity contribution is -0.113. The molecule has 1 amide bonds. The normalized spacial score (nSPS) is 11.1. The van der Waals surface area contributed by atoms with Crippen molar-refractivity contribution in [3.63, 3.8) is 0 Å². The second-order valence-electron chi connectivity index (χ2n) is 7.60. The van der Waals surface area contributed by atoms with Gasteiger partial charge in [-0.2, -0.15) is 0 Å². The van der Waals surface area contributed by atoms with Gasteiger partial charge in [-0.05, 0) is 42.8 Å². The Kier molecular flexibility index (Phi) is 5.77. The van der Waals surface area contributed by atoms with Crippen LogP contribution in [-0.2, 0) is 4.79 Å². The van der Waals surface area contributed by atoms with Crippen LogP contribution in [0.2, 0.25) is 0 Å². The maximum atomic E-state index is 13.4. The first kappa shape index (κ1) is 21.7. The van der Waals surface area contributed by atoms with Crippen molar-refractivity contribution in [1.82, 2.24) is 19.2 Å². The first-order valence-electron chi connectivity index (χ1n) is 10.6. The topological polar surface area (TPSA) is 90.5 Å². The van der Waals surface area contributed by atoms with Crippen LogP contribution in [0.15, 0.2) is 82.7 Å². The lowest BCUT2D eigenvalue weighted by Gasteiger charge is -2.13. The van der Waals surface area contributed by atoms with Crippen LogP contribution in [0.4, 0.5) is 5.69 Å². The molecule has 9 heteroatoms. The predicted molar refractivity (Wildman–Crippen MR) is 133 cm³/mol. The standard InChI is InChI=1S/C25H21N5O3S/c1-16-9-3-6-12-19(16)29-23(32)17-10-4-7-13-20(17)30-24(29)27-28-25(30)34-15-22(31)26-18-11-5-8-14-21(18)33-2/h3-14H,15H2,1-2H3,(H,26,31). The van der Waals surface area contributed by atoms with Crippen LogP contribution >= 0.6 is 11.8 Å². The van der Waals surface area contributed by atoms with Crippen molar-refractivity contribution in [1.29, 1.82) is 0 Å². The first-order valence-corrected chi connectivity index (χ1v) is 11.6. The average Bonchev–Trinajstić information content (AvgIpc) is 3.28. The van der Waals surface area contributed by atoms with E-state index in [1.54, 1.807) is 29.9 Å². The Hall–Kier alpha value is -4.11. The first-order chi connectivity index (χ1) is 16.6. The zero-order valence-corrected chi connectivity index (χ0v) is 19.4. The third kappa shape index (κ3) is 3.80. The third-order valence-electron chi connectivity index (χ3n) is 5.46. The molecular formula is C25H21N5O3S. The number of thioether (sulfide) groups is 1. The molecule has 0 aliphatic rings. The largest absolute Gasteiger partial charge is 0.495 e. The van der Waals surface area contributed by atoms with E-state index in [0.717, 1.165) is 11.3 Å². The number of hydrogen-bond acceptors (Lipinski definition) is 6. The summed E-state index contributed by atoms with van der Waals surface area (Å²) in [7, 11) is 1.56. The number of amides is 1. The highest BCUT2D eigenvalue weighted by molar-refractivity contribution is 7.99. The van der Waals surface area contributed by atoms with Crippen LogP contribution < -0.4 is 15.6 Å². The zero-order valence-electron chi connectivity index (χ0n) is 18.6. The van der Waals surface area contributed by atoms with Gasteiger partial charge < -0.3 is 10.1 Å². The smallest absolute Gasteiger partial charge is 0.267 e. The van der Waals surface area contributed by atoms with Gasteiger partial charge >= 0.3 is 0 Å². The summed E-state index contributed by atoms with van der Waals surface area (Å²) in [6, 6.07) is 22.2. The Morgan fingerprint density at radius 1 is 1.00 bits per heavy atom. The van der Waals surface area contributed by atoms with Gasteiger partial charge in [0, 0.05) is 0 Å². The number of fused-ring (bicyclic) bond motifs is 3. The number of aryl methyl sites for hydroxylation is 1. The molecule has 5 rings (SSSR count). The number of aromatic nitrogens is 4. The number of rotatable bonds is 6. The molecule has 0 saturated carbocycles. The molecular weight excluding hydrogens is 450 g/mol. The molecule has 8 nitrogen and oxygen atoms in total. The minimum atomic E-state index is -0.206. The third-order valence-corrected chi connectivity index (χ3v) is 6.39. The highest BCUT2D eigenvalue weighted by Crippen LogP contribution is 2.26. The van der Waals surface area contributed by atoms with E-state index in [4.69, 9.17) is 4.74 Å². The molecule has 0 aliphatic heterocycles. The monoisotopic (exact) mass is 471 g/mol. The van der Waals surface area contributed by atoms with Gasteiger partial charge in [-0.3, -0.25) is 14.0 Å². The Balaban J connectivity index is 1.55. The van der Waals surface area contributed by atoms with Crippen molar-refractivity contribution in [3.8, 4) is 11.4 Å². The summed E-state index contributed by atoms with van der Waals surface area (Å²) < 4.78 is 8.69. The molecule has 0 aliphatic carbocycles. The number of hydrogen-bond donors (Lipinski definition) is 1. The van der Waals surface area contributed by atoms with Crippen LogP contribution in [0, 0.1) is 6.92 Å². The molecule has 1 N–H and O–H groups in total. The molecule has 34 heavy (non-hydrogen) atoms. The van der Waals surface area contributed by atoms with Crippen molar-refractivity contribution in [3.05, 3.63) is 88.7 Å². The van der Waals surface area contributed by atoms with Gasteiger partial charge in [0.1, 0.15) is 5.75 Å². The summed E-state index contributed by atoms with van der Waals surface area (Å²) in [5.74, 6) is 0.881. The summed E-state index contributed by atoms with van der Waals surface area (Å²) in [5.41, 5.74) is 2.79. The summed E-state index contributed by atoms with van der Waals surface area (Å²) in [6.45, 7) is 1.95. The molecule has 0 atom stereocenters. The Morgan fingerprint density at radius 3 is 2.56 bits per heavy atom. The van der Waals surface area contributed by atoms with E-state index < -0.39 is 0 Å². The van der Waals surface area contributed by atoms with Crippen molar-refractivity contribution in [2.45, 2.75) is 12.1 Å². The average molecular weight is 472 g/mol. The van der Waals surface area contributed by atoms with Crippen LogP contribution in [0.25, 0.3) is 22.4 Å². The summed E-state index contributed by atoms with van der Waals surface area (Å²) in [4.78, 5) is 26.1. The molecule has 0 radical (unpaired) electrons. The Labute approximate surface area is 199 Å². The van der Waals surface area contributed by atoms with E-state index in [2.05, 4.69) is 15.5 Å². The maximum Gasteiger partial charge on any atom is 0.267 e. The fraction of sp³-hybridized carbons (Fsp3) is 0.120. The molecule has 0 saturated heterocycles. The molecule has 0 unspecified atom stereocenters. The number of anilines is 1. The number of carbonyl (C=O) groups is 1. The van der Waals surface area contributed by atoms with Gasteiger partial charge in [0.2, 0.25) is 11.7 Å². The van der Waals surface area contributed by atoms with Gasteiger partial charge in [0.05, 0.1) is 35.1 Å². The van der Waals surface area contributed by atoms with E-state index in [0.29, 0.717) is 33.3 Å². The molecule has 5 aromatic rings. The highest BCUT2D eigenvalue weighted by atomic mass is 32.2. The molecule has 2 aromatic heterocycles. The van der Waals surface area contributed by atoms with Gasteiger partial charge in [-0.15, -0.1) is 10.2 Å². The lowest BCUT2D eigenvalue weighted by atomic mass is 10.2. The quantitative estimate of drug-likeness (QED) is 0.375. The highest BCUT2D eigenvalue weighted by Gasteiger charge is 2.19. The number of nitrogens with zero attached hydrogens (tertiary/aromatic N) is 4. The molecule has 170 valence electrons. The summed E-state index contributed by atoms with van der Waals surface area (Å²) in [5, 5.41) is 12.6. The van der Waals surface area contributed by atoms with E-state index in [-0.39, 0.29) is 17.2 Å². The van der Waals surface area contributed by atoms with Crippen LogP contribution in [0.1, 0.15) is 5.56 Å². The van der Waals surface area contributed by atoms with Gasteiger partial charge in [-0.25, -0.2) is 4.57 Å².